The van der Waals surface area contributed by atoms with Gasteiger partial charge >= 0.3 is 0 Å². The van der Waals surface area contributed by atoms with Crippen LogP contribution in [-0.4, -0.2) is 6.04 Å². The Kier molecular flexibility index (Phi) is 3.47. The minimum atomic E-state index is -0.0554. The fourth-order valence-electron chi connectivity index (χ4n) is 1.15. The van der Waals surface area contributed by atoms with E-state index in [1.165, 1.54) is 11.1 Å². The van der Waals surface area contributed by atoms with Crippen LogP contribution in [0.1, 0.15) is 12.5 Å². The second kappa shape index (κ2) is 4.63. The van der Waals surface area contributed by atoms with Crippen molar-refractivity contribution in [3.63, 3.8) is 0 Å². The molecular weight excluding hydrogens is 158 g/mol. The third kappa shape index (κ3) is 2.88. The van der Waals surface area contributed by atoms with E-state index in [-0.39, 0.29) is 6.04 Å². The topological polar surface area (TPSA) is 26.0 Å². The maximum Gasteiger partial charge on any atom is 0.0413 e. The summed E-state index contributed by atoms with van der Waals surface area (Å²) < 4.78 is 0. The number of rotatable bonds is 3. The first-order valence-electron chi connectivity index (χ1n) is 4.36. The highest BCUT2D eigenvalue weighted by atomic mass is 14.6. The molecule has 0 aromatic heterocycles. The van der Waals surface area contributed by atoms with Crippen molar-refractivity contribution in [1.82, 2.24) is 0 Å². The molecule has 13 heavy (non-hydrogen) atoms. The van der Waals surface area contributed by atoms with Crippen LogP contribution in [-0.2, 0) is 0 Å². The van der Waals surface area contributed by atoms with Gasteiger partial charge in [-0.15, -0.1) is 6.58 Å². The predicted molar refractivity (Wildman–Crippen MR) is 58.3 cm³/mol. The standard InChI is InChI=1S/C12H15N/c1-3-12(13)9-10(2)11-7-5-4-6-8-11/h3-9,12H,1,13H2,2H3/b10-9+. The maximum absolute atomic E-state index is 5.72. The highest BCUT2D eigenvalue weighted by molar-refractivity contribution is 5.64. The number of benzene rings is 1. The summed E-state index contributed by atoms with van der Waals surface area (Å²) >= 11 is 0. The number of hydrogen-bond acceptors (Lipinski definition) is 1. The molecule has 0 spiro atoms. The van der Waals surface area contributed by atoms with Crippen molar-refractivity contribution < 1.29 is 0 Å². The summed E-state index contributed by atoms with van der Waals surface area (Å²) in [4.78, 5) is 0. The molecule has 68 valence electrons. The smallest absolute Gasteiger partial charge is 0.0413 e. The monoisotopic (exact) mass is 173 g/mol. The SMILES string of the molecule is C=CC(N)/C=C(\C)c1ccccc1. The van der Waals surface area contributed by atoms with Crippen molar-refractivity contribution in [2.75, 3.05) is 0 Å². The summed E-state index contributed by atoms with van der Waals surface area (Å²) in [5, 5.41) is 0. The molecule has 1 aromatic carbocycles. The average molecular weight is 173 g/mol. The Morgan fingerprint density at radius 2 is 2.00 bits per heavy atom. The van der Waals surface area contributed by atoms with Crippen molar-refractivity contribution in [2.45, 2.75) is 13.0 Å². The maximum atomic E-state index is 5.72. The van der Waals surface area contributed by atoms with E-state index >= 15 is 0 Å². The molecule has 0 aliphatic rings. The van der Waals surface area contributed by atoms with Crippen LogP contribution in [0, 0.1) is 0 Å². The summed E-state index contributed by atoms with van der Waals surface area (Å²) in [6.07, 6.45) is 3.73. The van der Waals surface area contributed by atoms with E-state index in [0.29, 0.717) is 0 Å². The van der Waals surface area contributed by atoms with E-state index in [2.05, 4.69) is 25.6 Å². The Bertz CT molecular complexity index is 298. The summed E-state index contributed by atoms with van der Waals surface area (Å²) in [5.41, 5.74) is 8.11. The lowest BCUT2D eigenvalue weighted by Gasteiger charge is -2.03. The molecule has 0 radical (unpaired) electrons. The molecule has 1 rings (SSSR count). The lowest BCUT2D eigenvalue weighted by atomic mass is 10.1. The fourth-order valence-corrected chi connectivity index (χ4v) is 1.15. The quantitative estimate of drug-likeness (QED) is 0.698. The van der Waals surface area contributed by atoms with Crippen molar-refractivity contribution in [1.29, 1.82) is 0 Å². The molecule has 1 aromatic rings. The van der Waals surface area contributed by atoms with Gasteiger partial charge in [-0.25, -0.2) is 0 Å². The zero-order valence-corrected chi connectivity index (χ0v) is 7.90. The first-order chi connectivity index (χ1) is 6.24. The van der Waals surface area contributed by atoms with Crippen molar-refractivity contribution >= 4 is 5.57 Å². The van der Waals surface area contributed by atoms with E-state index in [0.717, 1.165) is 0 Å². The third-order valence-electron chi connectivity index (χ3n) is 1.94. The van der Waals surface area contributed by atoms with Gasteiger partial charge in [-0.05, 0) is 18.1 Å². The Balaban J connectivity index is 2.84. The molecule has 1 heteroatoms. The summed E-state index contributed by atoms with van der Waals surface area (Å²) in [6.45, 7) is 5.69. The number of allylic oxidation sites excluding steroid dienone is 1. The molecule has 0 saturated carbocycles. The van der Waals surface area contributed by atoms with Crippen molar-refractivity contribution in [3.8, 4) is 0 Å². The van der Waals surface area contributed by atoms with Crippen LogP contribution in [0.15, 0.2) is 49.1 Å². The molecule has 0 aliphatic heterocycles. The molecule has 2 N–H and O–H groups in total. The lowest BCUT2D eigenvalue weighted by Crippen LogP contribution is -2.12. The number of hydrogen-bond donors (Lipinski definition) is 1. The van der Waals surface area contributed by atoms with E-state index in [1.54, 1.807) is 6.08 Å². The van der Waals surface area contributed by atoms with Crippen LogP contribution in [0.25, 0.3) is 5.57 Å². The molecular formula is C12H15N. The zero-order valence-electron chi connectivity index (χ0n) is 7.90. The lowest BCUT2D eigenvalue weighted by molar-refractivity contribution is 1.03. The van der Waals surface area contributed by atoms with E-state index < -0.39 is 0 Å². The van der Waals surface area contributed by atoms with Gasteiger partial charge in [0, 0.05) is 6.04 Å². The zero-order chi connectivity index (χ0) is 9.68. The fraction of sp³-hybridized carbons (Fsp3) is 0.167. The van der Waals surface area contributed by atoms with Gasteiger partial charge in [0.15, 0.2) is 0 Å². The third-order valence-corrected chi connectivity index (χ3v) is 1.94. The van der Waals surface area contributed by atoms with Crippen LogP contribution in [0.3, 0.4) is 0 Å². The molecule has 0 bridgehead atoms. The first kappa shape index (κ1) is 9.75. The van der Waals surface area contributed by atoms with Crippen LogP contribution in [0.4, 0.5) is 0 Å². The van der Waals surface area contributed by atoms with Crippen molar-refractivity contribution in [2.24, 2.45) is 5.73 Å². The summed E-state index contributed by atoms with van der Waals surface area (Å²) in [6, 6.07) is 10.1. The Labute approximate surface area is 79.6 Å². The van der Waals surface area contributed by atoms with Gasteiger partial charge in [0.25, 0.3) is 0 Å². The van der Waals surface area contributed by atoms with Crippen LogP contribution >= 0.6 is 0 Å². The van der Waals surface area contributed by atoms with Gasteiger partial charge in [0.1, 0.15) is 0 Å². The van der Waals surface area contributed by atoms with Gasteiger partial charge in [-0.2, -0.15) is 0 Å². The second-order valence-corrected chi connectivity index (χ2v) is 3.03. The Morgan fingerprint density at radius 3 is 2.54 bits per heavy atom. The molecule has 0 amide bonds. The molecule has 0 heterocycles. The Morgan fingerprint density at radius 1 is 1.38 bits per heavy atom. The van der Waals surface area contributed by atoms with E-state index in [9.17, 15) is 0 Å². The molecule has 1 nitrogen and oxygen atoms in total. The van der Waals surface area contributed by atoms with Crippen LogP contribution in [0.5, 0.6) is 0 Å². The van der Waals surface area contributed by atoms with Gasteiger partial charge in [0.2, 0.25) is 0 Å². The largest absolute Gasteiger partial charge is 0.321 e. The minimum absolute atomic E-state index is 0.0554. The first-order valence-corrected chi connectivity index (χ1v) is 4.36. The van der Waals surface area contributed by atoms with Gasteiger partial charge in [0.05, 0.1) is 0 Å². The molecule has 0 saturated heterocycles. The normalized spacial score (nSPS) is 13.8. The highest BCUT2D eigenvalue weighted by Crippen LogP contribution is 2.12. The Hall–Kier alpha value is -1.34. The molecule has 1 atom stereocenters. The van der Waals surface area contributed by atoms with Gasteiger partial charge in [-0.1, -0.05) is 42.5 Å². The van der Waals surface area contributed by atoms with Crippen LogP contribution in [0.2, 0.25) is 0 Å². The van der Waals surface area contributed by atoms with E-state index in [4.69, 9.17) is 5.73 Å². The van der Waals surface area contributed by atoms with E-state index in [1.807, 2.05) is 24.3 Å². The molecule has 0 fully saturated rings. The molecule has 0 aliphatic carbocycles. The second-order valence-electron chi connectivity index (χ2n) is 3.03. The highest BCUT2D eigenvalue weighted by Gasteiger charge is 1.95. The summed E-state index contributed by atoms with van der Waals surface area (Å²) in [7, 11) is 0. The van der Waals surface area contributed by atoms with Gasteiger partial charge in [-0.3, -0.25) is 0 Å². The van der Waals surface area contributed by atoms with Gasteiger partial charge < -0.3 is 5.73 Å². The summed E-state index contributed by atoms with van der Waals surface area (Å²) in [5.74, 6) is 0. The predicted octanol–water partition coefficient (Wildman–Crippen LogP) is 2.60. The average Bonchev–Trinajstić information content (AvgIpc) is 2.19. The van der Waals surface area contributed by atoms with Crippen LogP contribution < -0.4 is 5.73 Å². The number of nitrogens with two attached hydrogens (primary N) is 1. The molecule has 1 unspecified atom stereocenters. The van der Waals surface area contributed by atoms with Crippen molar-refractivity contribution in [3.05, 3.63) is 54.6 Å². The minimum Gasteiger partial charge on any atom is -0.321 e.